The molecule has 0 bridgehead atoms. The third-order valence-electron chi connectivity index (χ3n) is 3.69. The number of thiazole rings is 1. The second-order valence-corrected chi connectivity index (χ2v) is 6.57. The van der Waals surface area contributed by atoms with Gasteiger partial charge in [0.25, 0.3) is 0 Å². The van der Waals surface area contributed by atoms with Crippen molar-refractivity contribution in [3.63, 3.8) is 0 Å². The van der Waals surface area contributed by atoms with Crippen LogP contribution in [-0.2, 0) is 6.42 Å². The first-order valence-electron chi connectivity index (χ1n) is 7.34. The van der Waals surface area contributed by atoms with Crippen LogP contribution in [0, 0.1) is 6.92 Å². The molecule has 3 aromatic rings. The molecule has 0 fully saturated rings. The van der Waals surface area contributed by atoms with E-state index in [0.29, 0.717) is 6.04 Å². The summed E-state index contributed by atoms with van der Waals surface area (Å²) in [7, 11) is 0. The van der Waals surface area contributed by atoms with Gasteiger partial charge in [0.2, 0.25) is 0 Å². The zero-order chi connectivity index (χ0) is 14.8. The fourth-order valence-electron chi connectivity index (χ4n) is 2.73. The third-order valence-corrected chi connectivity index (χ3v) is 4.29. The maximum Gasteiger partial charge on any atom is 0.0795 e. The van der Waals surface area contributed by atoms with E-state index in [0.717, 1.165) is 12.1 Å². The number of rotatable bonds is 5. The predicted molar refractivity (Wildman–Crippen MR) is 89.9 cm³/mol. The second-order valence-electron chi connectivity index (χ2n) is 5.85. The summed E-state index contributed by atoms with van der Waals surface area (Å²) in [6.45, 7) is 6.50. The van der Waals surface area contributed by atoms with Crippen molar-refractivity contribution in [1.82, 2.24) is 15.3 Å². The maximum atomic E-state index is 4.49. The molecular formula is C17H21N3S. The van der Waals surface area contributed by atoms with E-state index < -0.39 is 0 Å². The summed E-state index contributed by atoms with van der Waals surface area (Å²) in [5, 5.41) is 7.09. The molecule has 4 heteroatoms. The molecule has 1 atom stereocenters. The minimum atomic E-state index is 0.260. The quantitative estimate of drug-likeness (QED) is 0.740. The van der Waals surface area contributed by atoms with Crippen molar-refractivity contribution in [2.75, 3.05) is 0 Å². The molecule has 0 saturated heterocycles. The van der Waals surface area contributed by atoms with Crippen LogP contribution in [0.25, 0.3) is 10.9 Å². The molecule has 2 N–H and O–H groups in total. The van der Waals surface area contributed by atoms with E-state index in [1.807, 2.05) is 5.51 Å². The summed E-state index contributed by atoms with van der Waals surface area (Å²) in [4.78, 5) is 7.87. The van der Waals surface area contributed by atoms with Crippen LogP contribution < -0.4 is 5.32 Å². The van der Waals surface area contributed by atoms with Crippen LogP contribution in [0.1, 0.15) is 36.7 Å². The summed E-state index contributed by atoms with van der Waals surface area (Å²) in [5.74, 6) is 0. The Kier molecular flexibility index (Phi) is 4.08. The summed E-state index contributed by atoms with van der Waals surface area (Å²) in [6.07, 6.45) is 3.08. The lowest BCUT2D eigenvalue weighted by atomic mass is 10.0. The van der Waals surface area contributed by atoms with Gasteiger partial charge in [-0.1, -0.05) is 25.5 Å². The highest BCUT2D eigenvalue weighted by Crippen LogP contribution is 2.25. The summed E-state index contributed by atoms with van der Waals surface area (Å²) in [5.41, 5.74) is 6.89. The Morgan fingerprint density at radius 1 is 1.33 bits per heavy atom. The van der Waals surface area contributed by atoms with Crippen LogP contribution in [0.15, 0.2) is 35.3 Å². The first kappa shape index (κ1) is 14.3. The van der Waals surface area contributed by atoms with Gasteiger partial charge < -0.3 is 10.3 Å². The number of aryl methyl sites for hydroxylation is 1. The SMILES string of the molecule is Cc1ccc2[nH]cc(C[C@H](NC(C)C)c3cscn3)c2c1. The van der Waals surface area contributed by atoms with E-state index in [9.17, 15) is 0 Å². The molecule has 0 amide bonds. The minimum absolute atomic E-state index is 0.260. The van der Waals surface area contributed by atoms with Crippen LogP contribution in [0.5, 0.6) is 0 Å². The second kappa shape index (κ2) is 6.00. The monoisotopic (exact) mass is 299 g/mol. The number of H-pyrrole nitrogens is 1. The summed E-state index contributed by atoms with van der Waals surface area (Å²) in [6, 6.07) is 7.25. The van der Waals surface area contributed by atoms with Gasteiger partial charge in [-0.2, -0.15) is 0 Å². The number of benzene rings is 1. The topological polar surface area (TPSA) is 40.7 Å². The van der Waals surface area contributed by atoms with Crippen molar-refractivity contribution in [3.05, 3.63) is 52.1 Å². The van der Waals surface area contributed by atoms with Crippen molar-refractivity contribution >= 4 is 22.2 Å². The Balaban J connectivity index is 1.92. The standard InChI is InChI=1S/C17H21N3S/c1-11(2)20-16(17-9-21-10-19-17)7-13-8-18-15-5-4-12(3)6-14(13)15/h4-6,8-11,16,18,20H,7H2,1-3H3/t16-/m0/s1. The minimum Gasteiger partial charge on any atom is -0.361 e. The largest absolute Gasteiger partial charge is 0.361 e. The molecule has 0 radical (unpaired) electrons. The smallest absolute Gasteiger partial charge is 0.0795 e. The average molecular weight is 299 g/mol. The van der Waals surface area contributed by atoms with Crippen LogP contribution in [0.2, 0.25) is 0 Å². The van der Waals surface area contributed by atoms with Gasteiger partial charge in [0.15, 0.2) is 0 Å². The van der Waals surface area contributed by atoms with Crippen LogP contribution in [0.4, 0.5) is 0 Å². The number of aromatic nitrogens is 2. The van der Waals surface area contributed by atoms with Gasteiger partial charge in [-0.25, -0.2) is 4.98 Å². The molecule has 21 heavy (non-hydrogen) atoms. The molecule has 0 spiro atoms. The van der Waals surface area contributed by atoms with Gasteiger partial charge in [-0.05, 0) is 31.0 Å². The molecule has 2 aromatic heterocycles. The lowest BCUT2D eigenvalue weighted by Gasteiger charge is -2.19. The van der Waals surface area contributed by atoms with Crippen LogP contribution in [0.3, 0.4) is 0 Å². The van der Waals surface area contributed by atoms with Crippen molar-refractivity contribution in [2.45, 2.75) is 39.3 Å². The number of nitrogens with one attached hydrogen (secondary N) is 2. The van der Waals surface area contributed by atoms with Crippen molar-refractivity contribution in [1.29, 1.82) is 0 Å². The Bertz CT molecular complexity index is 713. The molecule has 0 saturated carbocycles. The number of fused-ring (bicyclic) bond motifs is 1. The summed E-state index contributed by atoms with van der Waals surface area (Å²) < 4.78 is 0. The van der Waals surface area contributed by atoms with E-state index >= 15 is 0 Å². The van der Waals surface area contributed by atoms with E-state index in [-0.39, 0.29) is 6.04 Å². The molecule has 0 aliphatic rings. The highest BCUT2D eigenvalue weighted by atomic mass is 32.1. The van der Waals surface area contributed by atoms with Gasteiger partial charge in [-0.3, -0.25) is 0 Å². The fourth-order valence-corrected chi connectivity index (χ4v) is 3.33. The van der Waals surface area contributed by atoms with Crippen LogP contribution in [-0.4, -0.2) is 16.0 Å². The normalized spacial score (nSPS) is 13.1. The first-order chi connectivity index (χ1) is 10.1. The molecular weight excluding hydrogens is 278 g/mol. The Labute approximate surface area is 129 Å². The van der Waals surface area contributed by atoms with E-state index in [4.69, 9.17) is 0 Å². The highest BCUT2D eigenvalue weighted by Gasteiger charge is 2.17. The van der Waals surface area contributed by atoms with Crippen LogP contribution >= 0.6 is 11.3 Å². The average Bonchev–Trinajstić information content (AvgIpc) is 3.07. The van der Waals surface area contributed by atoms with Crippen molar-refractivity contribution in [3.8, 4) is 0 Å². The lowest BCUT2D eigenvalue weighted by Crippen LogP contribution is -2.29. The van der Waals surface area contributed by atoms with Gasteiger partial charge in [-0.15, -0.1) is 11.3 Å². The molecule has 110 valence electrons. The fraction of sp³-hybridized carbons (Fsp3) is 0.353. The van der Waals surface area contributed by atoms with Gasteiger partial charge in [0.05, 0.1) is 17.2 Å². The summed E-state index contributed by atoms with van der Waals surface area (Å²) >= 11 is 1.65. The maximum absolute atomic E-state index is 4.49. The zero-order valence-electron chi connectivity index (χ0n) is 12.7. The molecule has 2 heterocycles. The van der Waals surface area contributed by atoms with E-state index in [2.05, 4.69) is 65.8 Å². The van der Waals surface area contributed by atoms with Gasteiger partial charge >= 0.3 is 0 Å². The third kappa shape index (κ3) is 3.17. The Morgan fingerprint density at radius 2 is 2.19 bits per heavy atom. The highest BCUT2D eigenvalue weighted by molar-refractivity contribution is 7.07. The molecule has 3 rings (SSSR count). The molecule has 0 aliphatic heterocycles. The van der Waals surface area contributed by atoms with Gasteiger partial charge in [0.1, 0.15) is 0 Å². The molecule has 0 aliphatic carbocycles. The molecule has 3 nitrogen and oxygen atoms in total. The Morgan fingerprint density at radius 3 is 2.90 bits per heavy atom. The molecule has 1 aromatic carbocycles. The number of hydrogen-bond acceptors (Lipinski definition) is 3. The zero-order valence-corrected chi connectivity index (χ0v) is 13.5. The van der Waals surface area contributed by atoms with E-state index in [1.54, 1.807) is 11.3 Å². The van der Waals surface area contributed by atoms with Crippen molar-refractivity contribution in [2.24, 2.45) is 0 Å². The molecule has 0 unspecified atom stereocenters. The van der Waals surface area contributed by atoms with Crippen molar-refractivity contribution < 1.29 is 0 Å². The number of hydrogen-bond donors (Lipinski definition) is 2. The Hall–Kier alpha value is -1.65. The lowest BCUT2D eigenvalue weighted by molar-refractivity contribution is 0.468. The van der Waals surface area contributed by atoms with E-state index in [1.165, 1.54) is 22.0 Å². The number of nitrogens with zero attached hydrogens (tertiary/aromatic N) is 1. The number of aromatic amines is 1. The predicted octanol–water partition coefficient (Wildman–Crippen LogP) is 4.21. The first-order valence-corrected chi connectivity index (χ1v) is 8.28. The van der Waals surface area contributed by atoms with Gasteiger partial charge in [0, 0.05) is 28.5 Å².